The van der Waals surface area contributed by atoms with E-state index in [-0.39, 0.29) is 5.41 Å². The van der Waals surface area contributed by atoms with Crippen LogP contribution in [0.15, 0.2) is 0 Å². The molecule has 4 heteroatoms. The molecule has 0 N–H and O–H groups in total. The fraction of sp³-hybridized carbons (Fsp3) is 0.933. The Bertz CT molecular complexity index is 372. The van der Waals surface area contributed by atoms with Crippen molar-refractivity contribution in [2.45, 2.75) is 44.8 Å². The van der Waals surface area contributed by atoms with E-state index in [1.165, 1.54) is 0 Å². The highest BCUT2D eigenvalue weighted by Gasteiger charge is 2.64. The predicted octanol–water partition coefficient (Wildman–Crippen LogP) is 1.68. The van der Waals surface area contributed by atoms with Crippen LogP contribution in [0.5, 0.6) is 0 Å². The van der Waals surface area contributed by atoms with Crippen molar-refractivity contribution in [3.8, 4) is 0 Å². The number of piperidine rings is 1. The van der Waals surface area contributed by atoms with Crippen LogP contribution in [0.2, 0.25) is 0 Å². The van der Waals surface area contributed by atoms with Crippen molar-refractivity contribution in [3.05, 3.63) is 0 Å². The molecule has 1 saturated heterocycles. The Labute approximate surface area is 115 Å². The summed E-state index contributed by atoms with van der Waals surface area (Å²) in [5, 5.41) is 0. The van der Waals surface area contributed by atoms with Crippen molar-refractivity contribution in [1.29, 1.82) is 0 Å². The molecule has 2 saturated carbocycles. The average Bonchev–Trinajstić information content (AvgIpc) is 2.80. The molecular weight excluding hydrogens is 242 g/mol. The number of likely N-dealkylation sites (tertiary alicyclic amines) is 1. The molecule has 4 nitrogen and oxygen atoms in total. The lowest BCUT2D eigenvalue weighted by atomic mass is 9.58. The quantitative estimate of drug-likeness (QED) is 0.778. The van der Waals surface area contributed by atoms with Crippen LogP contribution in [-0.4, -0.2) is 50.3 Å². The lowest BCUT2D eigenvalue weighted by Crippen LogP contribution is -2.65. The Morgan fingerprint density at radius 2 is 2.11 bits per heavy atom. The topological polar surface area (TPSA) is 38.8 Å². The molecule has 0 aromatic heterocycles. The molecule has 3 rings (SSSR count). The Kier molecular flexibility index (Phi) is 3.34. The van der Waals surface area contributed by atoms with Crippen LogP contribution in [0.25, 0.3) is 0 Å². The first-order chi connectivity index (χ1) is 9.19. The van der Waals surface area contributed by atoms with E-state index in [1.807, 2.05) is 7.11 Å². The predicted molar refractivity (Wildman–Crippen MR) is 71.7 cm³/mol. The van der Waals surface area contributed by atoms with E-state index in [0.29, 0.717) is 36.5 Å². The van der Waals surface area contributed by atoms with Gasteiger partial charge in [-0.15, -0.1) is 0 Å². The summed E-state index contributed by atoms with van der Waals surface area (Å²) in [6, 6.07) is 0.401. The maximum absolute atomic E-state index is 12.9. The molecule has 4 bridgehead atoms. The fourth-order valence-electron chi connectivity index (χ4n) is 5.15. The summed E-state index contributed by atoms with van der Waals surface area (Å²) in [5.41, 5.74) is -0.266. The number of ether oxygens (including phenoxy) is 2. The first-order valence-corrected chi connectivity index (χ1v) is 7.52. The zero-order valence-electron chi connectivity index (χ0n) is 12.2. The van der Waals surface area contributed by atoms with Crippen LogP contribution < -0.4 is 0 Å². The molecule has 3 fully saturated rings. The second-order valence-electron chi connectivity index (χ2n) is 6.32. The Morgan fingerprint density at radius 1 is 1.32 bits per heavy atom. The van der Waals surface area contributed by atoms with Gasteiger partial charge in [0, 0.05) is 32.7 Å². The molecule has 3 aliphatic rings. The number of hydrogen-bond donors (Lipinski definition) is 0. The molecule has 1 aliphatic heterocycles. The van der Waals surface area contributed by atoms with Crippen LogP contribution in [0.3, 0.4) is 0 Å². The number of carbonyl (C=O) groups is 1. The molecule has 19 heavy (non-hydrogen) atoms. The van der Waals surface area contributed by atoms with Crippen LogP contribution in [-0.2, 0) is 14.3 Å². The second-order valence-corrected chi connectivity index (χ2v) is 6.32. The molecule has 1 amide bonds. The van der Waals surface area contributed by atoms with Gasteiger partial charge in [-0.05, 0) is 38.5 Å². The molecule has 0 aromatic rings. The van der Waals surface area contributed by atoms with E-state index >= 15 is 0 Å². The second kappa shape index (κ2) is 4.74. The largest absolute Gasteiger partial charge is 0.384 e. The third-order valence-corrected chi connectivity index (χ3v) is 5.83. The molecule has 0 aromatic carbocycles. The summed E-state index contributed by atoms with van der Waals surface area (Å²) in [6.45, 7) is 3.48. The summed E-state index contributed by atoms with van der Waals surface area (Å²) in [4.78, 5) is 15.0. The van der Waals surface area contributed by atoms with Gasteiger partial charge in [0.15, 0.2) is 0 Å². The normalized spacial score (nSPS) is 44.8. The molecule has 0 radical (unpaired) electrons. The average molecular weight is 267 g/mol. The van der Waals surface area contributed by atoms with Gasteiger partial charge in [0.1, 0.15) is 0 Å². The van der Waals surface area contributed by atoms with Gasteiger partial charge in [0.25, 0.3) is 0 Å². The minimum atomic E-state index is -0.266. The summed E-state index contributed by atoms with van der Waals surface area (Å²) in [7, 11) is 3.54. The smallest absolute Gasteiger partial charge is 0.231 e. The van der Waals surface area contributed by atoms with Crippen molar-refractivity contribution >= 4 is 5.91 Å². The molecule has 0 spiro atoms. The summed E-state index contributed by atoms with van der Waals surface area (Å²) in [6.07, 6.45) is 4.54. The Balaban J connectivity index is 2.02. The van der Waals surface area contributed by atoms with Gasteiger partial charge in [-0.3, -0.25) is 4.79 Å². The zero-order chi connectivity index (χ0) is 13.6. The monoisotopic (exact) mass is 267 g/mol. The van der Waals surface area contributed by atoms with Crippen molar-refractivity contribution in [3.63, 3.8) is 0 Å². The van der Waals surface area contributed by atoms with Crippen LogP contribution >= 0.6 is 0 Å². The Hall–Kier alpha value is -0.610. The maximum atomic E-state index is 12.9. The number of rotatable bonds is 4. The fourth-order valence-corrected chi connectivity index (χ4v) is 5.15. The minimum absolute atomic E-state index is 0.266. The van der Waals surface area contributed by atoms with Gasteiger partial charge in [0.05, 0.1) is 18.1 Å². The molecule has 108 valence electrons. The van der Waals surface area contributed by atoms with Gasteiger partial charge in [-0.25, -0.2) is 0 Å². The van der Waals surface area contributed by atoms with E-state index in [2.05, 4.69) is 11.8 Å². The molecule has 1 heterocycles. The van der Waals surface area contributed by atoms with Crippen molar-refractivity contribution < 1.29 is 14.3 Å². The number of amides is 1. The van der Waals surface area contributed by atoms with Crippen molar-refractivity contribution in [2.75, 3.05) is 27.4 Å². The van der Waals surface area contributed by atoms with Crippen LogP contribution in [0.1, 0.15) is 32.6 Å². The third-order valence-electron chi connectivity index (χ3n) is 5.83. The zero-order valence-corrected chi connectivity index (χ0v) is 12.2. The van der Waals surface area contributed by atoms with Crippen molar-refractivity contribution in [2.24, 2.45) is 17.3 Å². The van der Waals surface area contributed by atoms with Crippen LogP contribution in [0.4, 0.5) is 0 Å². The molecule has 2 aliphatic carbocycles. The number of hydrogen-bond acceptors (Lipinski definition) is 3. The highest BCUT2D eigenvalue weighted by Crippen LogP contribution is 2.58. The first-order valence-electron chi connectivity index (χ1n) is 7.52. The van der Waals surface area contributed by atoms with Gasteiger partial charge < -0.3 is 14.4 Å². The highest BCUT2D eigenvalue weighted by atomic mass is 16.5. The minimum Gasteiger partial charge on any atom is -0.384 e. The summed E-state index contributed by atoms with van der Waals surface area (Å²) in [5.74, 6) is 1.33. The molecular formula is C15H25NO3. The maximum Gasteiger partial charge on any atom is 0.231 e. The SMILES string of the molecule is CCN1C(=O)[C@]2(COC)CC[C@H](OC)[C@@H]3[C@H]1CC[C@@H]32. The lowest BCUT2D eigenvalue weighted by molar-refractivity contribution is -0.180. The lowest BCUT2D eigenvalue weighted by Gasteiger charge is -2.55. The van der Waals surface area contributed by atoms with Crippen LogP contribution in [0, 0.1) is 17.3 Å². The highest BCUT2D eigenvalue weighted by molar-refractivity contribution is 5.85. The summed E-state index contributed by atoms with van der Waals surface area (Å²) >= 11 is 0. The summed E-state index contributed by atoms with van der Waals surface area (Å²) < 4.78 is 11.2. The van der Waals surface area contributed by atoms with Gasteiger partial charge >= 0.3 is 0 Å². The van der Waals surface area contributed by atoms with E-state index in [9.17, 15) is 4.79 Å². The third kappa shape index (κ3) is 1.62. The van der Waals surface area contributed by atoms with Gasteiger partial charge in [-0.2, -0.15) is 0 Å². The van der Waals surface area contributed by atoms with E-state index in [0.717, 1.165) is 32.2 Å². The van der Waals surface area contributed by atoms with Gasteiger partial charge in [-0.1, -0.05) is 0 Å². The van der Waals surface area contributed by atoms with E-state index in [1.54, 1.807) is 7.11 Å². The molecule has 0 unspecified atom stereocenters. The number of methoxy groups -OCH3 is 2. The van der Waals surface area contributed by atoms with E-state index < -0.39 is 0 Å². The van der Waals surface area contributed by atoms with E-state index in [4.69, 9.17) is 9.47 Å². The number of carbonyl (C=O) groups excluding carboxylic acids is 1. The first kappa shape index (κ1) is 13.4. The molecule has 5 atom stereocenters. The standard InChI is InChI=1S/C15H25NO3/c1-4-16-11-6-5-10-13(11)12(19-3)7-8-15(10,9-18-2)14(16)17/h10-13H,4-9H2,1-3H3/t10-,11+,12-,13-,15-/m0/s1. The Morgan fingerprint density at radius 3 is 2.74 bits per heavy atom. The van der Waals surface area contributed by atoms with Gasteiger partial charge in [0.2, 0.25) is 5.91 Å². The number of nitrogens with zero attached hydrogens (tertiary/aromatic N) is 1. The van der Waals surface area contributed by atoms with Crippen molar-refractivity contribution in [1.82, 2.24) is 4.90 Å².